The fourth-order valence-electron chi connectivity index (χ4n) is 2.44. The van der Waals surface area contributed by atoms with Gasteiger partial charge in [-0.25, -0.2) is 9.59 Å². The van der Waals surface area contributed by atoms with Crippen LogP contribution >= 0.6 is 0 Å². The summed E-state index contributed by atoms with van der Waals surface area (Å²) in [6.07, 6.45) is -0.637. The highest BCUT2D eigenvalue weighted by molar-refractivity contribution is 5.99. The summed E-state index contributed by atoms with van der Waals surface area (Å²) < 4.78 is 10.5. The van der Waals surface area contributed by atoms with Crippen LogP contribution in [0.25, 0.3) is 0 Å². The first-order valence-electron chi connectivity index (χ1n) is 8.50. The third-order valence-corrected chi connectivity index (χ3v) is 3.81. The fraction of sp³-hybridized carbons (Fsp3) is 0.0909. The minimum Gasteiger partial charge on any atom is -0.457 e. The van der Waals surface area contributed by atoms with Gasteiger partial charge in [-0.05, 0) is 23.3 Å². The van der Waals surface area contributed by atoms with Crippen LogP contribution in [-0.2, 0) is 22.7 Å². The molecule has 1 amide bonds. The van der Waals surface area contributed by atoms with Crippen molar-refractivity contribution >= 4 is 17.7 Å². The van der Waals surface area contributed by atoms with Crippen molar-refractivity contribution in [2.75, 3.05) is 5.32 Å². The highest BCUT2D eigenvalue weighted by atomic mass is 16.5. The van der Waals surface area contributed by atoms with Crippen molar-refractivity contribution in [2.45, 2.75) is 13.2 Å². The van der Waals surface area contributed by atoms with Gasteiger partial charge in [0.25, 0.3) is 0 Å². The van der Waals surface area contributed by atoms with E-state index in [1.54, 1.807) is 24.3 Å². The second-order valence-electron chi connectivity index (χ2n) is 5.79. The molecule has 0 fully saturated rings. The highest BCUT2D eigenvalue weighted by Crippen LogP contribution is 2.17. The van der Waals surface area contributed by atoms with E-state index >= 15 is 0 Å². The minimum atomic E-state index is -0.637. The van der Waals surface area contributed by atoms with Gasteiger partial charge in [-0.15, -0.1) is 0 Å². The zero-order valence-corrected chi connectivity index (χ0v) is 14.6. The van der Waals surface area contributed by atoms with Crippen molar-refractivity contribution in [1.29, 1.82) is 0 Å². The number of benzene rings is 3. The van der Waals surface area contributed by atoms with E-state index in [9.17, 15) is 9.59 Å². The number of carbonyl (C=O) groups excluding carboxylic acids is 2. The average molecular weight is 361 g/mol. The number of hydrogen-bond acceptors (Lipinski definition) is 4. The van der Waals surface area contributed by atoms with Crippen LogP contribution in [0.1, 0.15) is 21.5 Å². The van der Waals surface area contributed by atoms with Gasteiger partial charge in [0.15, 0.2) is 0 Å². The summed E-state index contributed by atoms with van der Waals surface area (Å²) in [7, 11) is 0. The van der Waals surface area contributed by atoms with Crippen molar-refractivity contribution in [1.82, 2.24) is 0 Å². The lowest BCUT2D eigenvalue weighted by Gasteiger charge is -2.11. The van der Waals surface area contributed by atoms with Crippen molar-refractivity contribution in [3.8, 4) is 0 Å². The van der Waals surface area contributed by atoms with Gasteiger partial charge >= 0.3 is 12.1 Å². The molecule has 0 aliphatic carbocycles. The predicted molar refractivity (Wildman–Crippen MR) is 102 cm³/mol. The smallest absolute Gasteiger partial charge is 0.411 e. The molecule has 3 rings (SSSR count). The van der Waals surface area contributed by atoms with Gasteiger partial charge in [-0.2, -0.15) is 0 Å². The van der Waals surface area contributed by atoms with E-state index in [0.717, 1.165) is 11.1 Å². The first-order valence-corrected chi connectivity index (χ1v) is 8.50. The second kappa shape index (κ2) is 9.20. The van der Waals surface area contributed by atoms with Gasteiger partial charge in [-0.3, -0.25) is 5.32 Å². The number of anilines is 1. The van der Waals surface area contributed by atoms with Crippen LogP contribution in [0.3, 0.4) is 0 Å². The van der Waals surface area contributed by atoms with E-state index in [-0.39, 0.29) is 18.8 Å². The molecule has 0 aliphatic rings. The standard InChI is InChI=1S/C22H19NO4/c24-21(26-15-17-9-3-1-4-10-17)19-13-7-8-14-20(19)23-22(25)27-16-18-11-5-2-6-12-18/h1-14H,15-16H2,(H,23,25). The van der Waals surface area contributed by atoms with Gasteiger partial charge < -0.3 is 9.47 Å². The molecule has 0 aliphatic heterocycles. The maximum Gasteiger partial charge on any atom is 0.411 e. The molecule has 27 heavy (non-hydrogen) atoms. The van der Waals surface area contributed by atoms with E-state index < -0.39 is 12.1 Å². The minimum absolute atomic E-state index is 0.146. The number of amides is 1. The number of hydrogen-bond donors (Lipinski definition) is 1. The average Bonchev–Trinajstić information content (AvgIpc) is 2.72. The Morgan fingerprint density at radius 2 is 1.19 bits per heavy atom. The first kappa shape index (κ1) is 18.2. The Morgan fingerprint density at radius 1 is 0.667 bits per heavy atom. The normalized spacial score (nSPS) is 10.1. The molecule has 5 heteroatoms. The van der Waals surface area contributed by atoms with Crippen LogP contribution in [0.2, 0.25) is 0 Å². The third-order valence-electron chi connectivity index (χ3n) is 3.81. The highest BCUT2D eigenvalue weighted by Gasteiger charge is 2.15. The molecule has 1 N–H and O–H groups in total. The molecule has 0 aromatic heterocycles. The third kappa shape index (κ3) is 5.44. The summed E-state index contributed by atoms with van der Waals surface area (Å²) in [5.74, 6) is -0.516. The summed E-state index contributed by atoms with van der Waals surface area (Å²) in [5.41, 5.74) is 2.38. The van der Waals surface area contributed by atoms with E-state index in [0.29, 0.717) is 5.69 Å². The molecule has 0 spiro atoms. The van der Waals surface area contributed by atoms with E-state index in [2.05, 4.69) is 5.32 Å². The quantitative estimate of drug-likeness (QED) is 0.641. The van der Waals surface area contributed by atoms with Crippen LogP contribution < -0.4 is 5.32 Å². The Kier molecular flexibility index (Phi) is 6.20. The van der Waals surface area contributed by atoms with Crippen LogP contribution in [0, 0.1) is 0 Å². The van der Waals surface area contributed by atoms with E-state index in [4.69, 9.17) is 9.47 Å². The van der Waals surface area contributed by atoms with E-state index in [1.807, 2.05) is 60.7 Å². The summed E-state index contributed by atoms with van der Waals surface area (Å²) >= 11 is 0. The van der Waals surface area contributed by atoms with Crippen LogP contribution in [0.15, 0.2) is 84.9 Å². The predicted octanol–water partition coefficient (Wildman–Crippen LogP) is 4.79. The van der Waals surface area contributed by atoms with E-state index in [1.165, 1.54) is 0 Å². The summed E-state index contributed by atoms with van der Waals surface area (Å²) in [6, 6.07) is 25.4. The van der Waals surface area contributed by atoms with Crippen LogP contribution in [0.5, 0.6) is 0 Å². The molecule has 0 radical (unpaired) electrons. The molecular weight excluding hydrogens is 342 g/mol. The largest absolute Gasteiger partial charge is 0.457 e. The van der Waals surface area contributed by atoms with Crippen molar-refractivity contribution in [3.05, 3.63) is 102 Å². The Bertz CT molecular complexity index is 894. The topological polar surface area (TPSA) is 64.6 Å². The van der Waals surface area contributed by atoms with Gasteiger partial charge in [0, 0.05) is 0 Å². The number of ether oxygens (including phenoxy) is 2. The number of nitrogens with one attached hydrogen (secondary N) is 1. The molecule has 0 bridgehead atoms. The SMILES string of the molecule is O=C(Nc1ccccc1C(=O)OCc1ccccc1)OCc1ccccc1. The maximum atomic E-state index is 12.4. The Hall–Kier alpha value is -3.60. The molecule has 0 atom stereocenters. The first-order chi connectivity index (χ1) is 13.2. The summed E-state index contributed by atoms with van der Waals surface area (Å²) in [5, 5.41) is 2.60. The Balaban J connectivity index is 1.59. The molecule has 0 unspecified atom stereocenters. The lowest BCUT2D eigenvalue weighted by atomic mass is 10.2. The number of para-hydroxylation sites is 1. The maximum absolute atomic E-state index is 12.4. The lowest BCUT2D eigenvalue weighted by Crippen LogP contribution is -2.16. The Labute approximate surface area is 157 Å². The fourth-order valence-corrected chi connectivity index (χ4v) is 2.44. The van der Waals surface area contributed by atoms with Crippen LogP contribution in [0.4, 0.5) is 10.5 Å². The zero-order chi connectivity index (χ0) is 18.9. The summed E-state index contributed by atoms with van der Waals surface area (Å²) in [6.45, 7) is 0.305. The van der Waals surface area contributed by atoms with Crippen molar-refractivity contribution in [2.24, 2.45) is 0 Å². The monoisotopic (exact) mass is 361 g/mol. The molecule has 3 aromatic carbocycles. The molecular formula is C22H19NO4. The summed E-state index contributed by atoms with van der Waals surface area (Å²) in [4.78, 5) is 24.4. The van der Waals surface area contributed by atoms with Gasteiger partial charge in [0.2, 0.25) is 0 Å². The van der Waals surface area contributed by atoms with Gasteiger partial charge in [-0.1, -0.05) is 72.8 Å². The second-order valence-corrected chi connectivity index (χ2v) is 5.79. The molecule has 0 saturated carbocycles. The molecule has 0 heterocycles. The van der Waals surface area contributed by atoms with Crippen molar-refractivity contribution in [3.63, 3.8) is 0 Å². The van der Waals surface area contributed by atoms with Crippen LogP contribution in [-0.4, -0.2) is 12.1 Å². The van der Waals surface area contributed by atoms with Crippen molar-refractivity contribution < 1.29 is 19.1 Å². The molecule has 0 saturated heterocycles. The lowest BCUT2D eigenvalue weighted by molar-refractivity contribution is 0.0474. The molecule has 3 aromatic rings. The zero-order valence-electron chi connectivity index (χ0n) is 14.6. The van der Waals surface area contributed by atoms with Gasteiger partial charge in [0.1, 0.15) is 13.2 Å². The van der Waals surface area contributed by atoms with Gasteiger partial charge in [0.05, 0.1) is 11.3 Å². The molecule has 5 nitrogen and oxygen atoms in total. The number of esters is 1. The Morgan fingerprint density at radius 3 is 1.81 bits per heavy atom. The number of rotatable bonds is 6. The number of carbonyl (C=O) groups is 2. The molecule has 136 valence electrons.